The molecule has 0 radical (unpaired) electrons. The summed E-state index contributed by atoms with van der Waals surface area (Å²) in [6, 6.07) is 70.0. The molecule has 12 aromatic rings. The molecule has 0 amide bonds. The lowest BCUT2D eigenvalue weighted by Crippen LogP contribution is -1.95. The number of fused-ring (bicyclic) bond motifs is 3. The van der Waals surface area contributed by atoms with Gasteiger partial charge in [-0.3, -0.25) is 0 Å². The van der Waals surface area contributed by atoms with E-state index in [1.54, 1.807) is 0 Å². The summed E-state index contributed by atoms with van der Waals surface area (Å²) in [4.78, 5) is 10.3. The van der Waals surface area contributed by atoms with E-state index in [4.69, 9.17) is 18.8 Å². The molecule has 64 heavy (non-hydrogen) atoms. The third-order valence-electron chi connectivity index (χ3n) is 11.7. The summed E-state index contributed by atoms with van der Waals surface area (Å²) in [5.41, 5.74) is 13.1. The molecule has 0 saturated carbocycles. The quantitative estimate of drug-likeness (QED) is 0.149. The number of rotatable bonds is 8. The first-order valence-electron chi connectivity index (χ1n) is 21.0. The Morgan fingerprint density at radius 2 is 0.562 bits per heavy atom. The van der Waals surface area contributed by atoms with Crippen molar-refractivity contribution in [3.05, 3.63) is 206 Å². The predicted molar refractivity (Wildman–Crippen MR) is 254 cm³/mol. The van der Waals surface area contributed by atoms with Gasteiger partial charge in [0.25, 0.3) is 0 Å². The maximum atomic E-state index is 6.18. The number of hydrogen-bond donors (Lipinski definition) is 0. The number of hydrogen-bond acceptors (Lipinski definition) is 8. The Kier molecular flexibility index (Phi) is 8.97. The third-order valence-corrected chi connectivity index (χ3v) is 11.7. The molecule has 12 rings (SSSR count). The Balaban J connectivity index is 0.790. The van der Waals surface area contributed by atoms with Crippen LogP contribution in [0.2, 0.25) is 0 Å². The second-order valence-electron chi connectivity index (χ2n) is 15.6. The summed E-state index contributed by atoms with van der Waals surface area (Å²) < 4.78 is 12.4. The van der Waals surface area contributed by atoms with Gasteiger partial charge in [-0.05, 0) is 92.3 Å². The van der Waals surface area contributed by atoms with Crippen LogP contribution < -0.4 is 0 Å². The van der Waals surface area contributed by atoms with Gasteiger partial charge in [0.05, 0.1) is 22.4 Å². The highest BCUT2D eigenvalue weighted by Gasteiger charge is 2.17. The molecule has 3 aromatic heterocycles. The van der Waals surface area contributed by atoms with E-state index in [0.29, 0.717) is 23.6 Å². The molecule has 0 atom stereocenters. The van der Waals surface area contributed by atoms with Gasteiger partial charge in [0.2, 0.25) is 23.6 Å². The molecule has 0 aliphatic rings. The maximum Gasteiger partial charge on any atom is 0.248 e. The molecule has 0 fully saturated rings. The molecule has 0 bridgehead atoms. The van der Waals surface area contributed by atoms with E-state index in [0.717, 1.165) is 99.6 Å². The first kappa shape index (κ1) is 36.9. The average molecular weight is 823 g/mol. The average Bonchev–Trinajstić information content (AvgIpc) is 4.08. The second-order valence-corrected chi connectivity index (χ2v) is 15.6. The van der Waals surface area contributed by atoms with Crippen molar-refractivity contribution < 1.29 is 8.83 Å². The molecular weight excluding hydrogens is 789 g/mol. The third kappa shape index (κ3) is 6.76. The Labute approximate surface area is 367 Å². The molecule has 8 heteroatoms. The first-order chi connectivity index (χ1) is 31.7. The molecule has 0 aliphatic heterocycles. The van der Waals surface area contributed by atoms with Gasteiger partial charge in [0, 0.05) is 33.4 Å². The van der Waals surface area contributed by atoms with Crippen molar-refractivity contribution >= 4 is 32.6 Å². The van der Waals surface area contributed by atoms with Gasteiger partial charge in [-0.25, -0.2) is 9.97 Å². The van der Waals surface area contributed by atoms with E-state index < -0.39 is 0 Å². The normalized spacial score (nSPS) is 11.4. The molecule has 0 N–H and O–H groups in total. The van der Waals surface area contributed by atoms with Gasteiger partial charge in [0.15, 0.2) is 0 Å². The minimum Gasteiger partial charge on any atom is -0.416 e. The molecule has 0 spiro atoms. The first-order valence-corrected chi connectivity index (χ1v) is 21.0. The Bertz CT molecular complexity index is 3400. The zero-order valence-corrected chi connectivity index (χ0v) is 34.1. The van der Waals surface area contributed by atoms with Crippen LogP contribution in [-0.2, 0) is 0 Å². The summed E-state index contributed by atoms with van der Waals surface area (Å²) in [5, 5.41) is 22.0. The summed E-state index contributed by atoms with van der Waals surface area (Å²) in [5.74, 6) is 1.95. The molecule has 0 unspecified atom stereocenters. The van der Waals surface area contributed by atoms with Crippen LogP contribution in [0, 0.1) is 0 Å². The van der Waals surface area contributed by atoms with E-state index in [1.807, 2.05) is 97.1 Å². The van der Waals surface area contributed by atoms with E-state index >= 15 is 0 Å². The minimum absolute atomic E-state index is 0.477. The van der Waals surface area contributed by atoms with Crippen LogP contribution in [0.5, 0.6) is 0 Å². The Morgan fingerprint density at radius 1 is 0.250 bits per heavy atom. The van der Waals surface area contributed by atoms with Crippen LogP contribution in [-0.4, -0.2) is 30.4 Å². The number of para-hydroxylation sites is 2. The summed E-state index contributed by atoms with van der Waals surface area (Å²) in [7, 11) is 0. The zero-order valence-electron chi connectivity index (χ0n) is 34.1. The number of nitrogens with zero attached hydrogens (tertiary/aromatic N) is 6. The maximum absolute atomic E-state index is 6.18. The highest BCUT2D eigenvalue weighted by atomic mass is 16.4. The van der Waals surface area contributed by atoms with Crippen LogP contribution in [0.25, 0.3) is 123 Å². The van der Waals surface area contributed by atoms with Gasteiger partial charge in [-0.2, -0.15) is 0 Å². The van der Waals surface area contributed by atoms with Crippen molar-refractivity contribution in [3.8, 4) is 90.6 Å². The fourth-order valence-corrected chi connectivity index (χ4v) is 8.38. The van der Waals surface area contributed by atoms with Crippen molar-refractivity contribution in [2.75, 3.05) is 0 Å². The fraction of sp³-hybridized carbons (Fsp3) is 0. The minimum atomic E-state index is 0.477. The lowest BCUT2D eigenvalue weighted by molar-refractivity contribution is 0.585. The van der Waals surface area contributed by atoms with Crippen molar-refractivity contribution in [1.82, 2.24) is 30.4 Å². The van der Waals surface area contributed by atoms with Crippen LogP contribution in [0.15, 0.2) is 215 Å². The van der Waals surface area contributed by atoms with Crippen molar-refractivity contribution in [2.24, 2.45) is 0 Å². The molecule has 8 nitrogen and oxygen atoms in total. The zero-order chi connectivity index (χ0) is 42.4. The number of benzene rings is 9. The smallest absolute Gasteiger partial charge is 0.248 e. The van der Waals surface area contributed by atoms with Gasteiger partial charge in [-0.1, -0.05) is 158 Å². The molecule has 0 saturated heterocycles. The van der Waals surface area contributed by atoms with Crippen molar-refractivity contribution in [3.63, 3.8) is 0 Å². The molecular formula is C56H34N6O2. The molecule has 9 aromatic carbocycles. The van der Waals surface area contributed by atoms with Gasteiger partial charge < -0.3 is 8.83 Å². The standard InChI is InChI=1S/C56H34N6O2/c1-3-13-45-39(9-1)11-7-15-47(45)55-61-59-53(63-55)43-31-23-37(24-32-43)35-19-27-41(28-20-35)51-52(58-50-18-6-5-17-49(50)57-51)42-29-21-36(22-30-42)38-25-33-44(34-26-38)54-60-62-56(64-54)48-16-8-12-40-10-2-4-14-46(40)48/h1-34H. The van der Waals surface area contributed by atoms with E-state index in [-0.39, 0.29) is 0 Å². The summed E-state index contributed by atoms with van der Waals surface area (Å²) in [6.45, 7) is 0. The van der Waals surface area contributed by atoms with Crippen molar-refractivity contribution in [2.45, 2.75) is 0 Å². The largest absolute Gasteiger partial charge is 0.416 e. The summed E-state index contributed by atoms with van der Waals surface area (Å²) >= 11 is 0. The second kappa shape index (κ2) is 15.5. The fourth-order valence-electron chi connectivity index (χ4n) is 8.38. The van der Waals surface area contributed by atoms with Crippen LogP contribution in [0.1, 0.15) is 0 Å². The summed E-state index contributed by atoms with van der Waals surface area (Å²) in [6.07, 6.45) is 0. The highest BCUT2D eigenvalue weighted by molar-refractivity contribution is 5.96. The highest BCUT2D eigenvalue weighted by Crippen LogP contribution is 2.36. The molecule has 3 heterocycles. The Morgan fingerprint density at radius 3 is 0.969 bits per heavy atom. The van der Waals surface area contributed by atoms with Crippen molar-refractivity contribution in [1.29, 1.82) is 0 Å². The number of aromatic nitrogens is 6. The Hall–Kier alpha value is -8.88. The topological polar surface area (TPSA) is 104 Å². The lowest BCUT2D eigenvalue weighted by Gasteiger charge is -2.12. The van der Waals surface area contributed by atoms with E-state index in [1.165, 1.54) is 0 Å². The van der Waals surface area contributed by atoms with Gasteiger partial charge in [-0.15, -0.1) is 20.4 Å². The van der Waals surface area contributed by atoms with Gasteiger partial charge >= 0.3 is 0 Å². The molecule has 300 valence electrons. The van der Waals surface area contributed by atoms with Crippen LogP contribution >= 0.6 is 0 Å². The van der Waals surface area contributed by atoms with Crippen LogP contribution in [0.4, 0.5) is 0 Å². The monoisotopic (exact) mass is 822 g/mol. The molecule has 0 aliphatic carbocycles. The van der Waals surface area contributed by atoms with E-state index in [9.17, 15) is 0 Å². The van der Waals surface area contributed by atoms with E-state index in [2.05, 4.69) is 130 Å². The van der Waals surface area contributed by atoms with Gasteiger partial charge in [0.1, 0.15) is 0 Å². The SMILES string of the molecule is c1ccc2c(-c3nnc(-c4ccc(-c5ccc(-c6nc7ccccc7nc6-c6ccc(-c7ccc(-c8nnc(-c9cccc%10ccccc9%10)o8)cc7)cc6)cc5)cc4)o3)cccc2c1. The predicted octanol–water partition coefficient (Wildman–Crippen LogP) is 14.0. The lowest BCUT2D eigenvalue weighted by atomic mass is 9.97. The van der Waals surface area contributed by atoms with Crippen LogP contribution in [0.3, 0.4) is 0 Å².